The van der Waals surface area contributed by atoms with E-state index in [4.69, 9.17) is 9.47 Å². The molecule has 23 heavy (non-hydrogen) atoms. The highest BCUT2D eigenvalue weighted by Gasteiger charge is 2.14. The number of rotatable bonds is 6. The average Bonchev–Trinajstić information content (AvgIpc) is 2.83. The van der Waals surface area contributed by atoms with Crippen molar-refractivity contribution in [2.24, 2.45) is 0 Å². The molecule has 0 heterocycles. The third-order valence-corrected chi connectivity index (χ3v) is 4.34. The fraction of sp³-hybridized carbons (Fsp3) is 0.611. The zero-order chi connectivity index (χ0) is 16.5. The average molecular weight is 320 g/mol. The van der Waals surface area contributed by atoms with Crippen LogP contribution >= 0.6 is 0 Å². The third kappa shape index (κ3) is 5.66. The zero-order valence-corrected chi connectivity index (χ0v) is 14.2. The van der Waals surface area contributed by atoms with E-state index in [0.717, 1.165) is 30.6 Å². The highest BCUT2D eigenvalue weighted by atomic mass is 16.5. The second kappa shape index (κ2) is 9.28. The summed E-state index contributed by atoms with van der Waals surface area (Å²) in [6.45, 7) is 0.605. The van der Waals surface area contributed by atoms with Crippen molar-refractivity contribution in [3.05, 3.63) is 23.8 Å². The topological polar surface area (TPSA) is 59.6 Å². The maximum absolute atomic E-state index is 12.0. The lowest BCUT2D eigenvalue weighted by atomic mass is 10.1. The molecule has 2 rings (SSSR count). The molecule has 1 fully saturated rings. The molecule has 0 spiro atoms. The summed E-state index contributed by atoms with van der Waals surface area (Å²) in [5.41, 5.74) is 1.11. The van der Waals surface area contributed by atoms with Crippen LogP contribution in [0.4, 0.5) is 4.79 Å². The van der Waals surface area contributed by atoms with Gasteiger partial charge >= 0.3 is 6.03 Å². The lowest BCUT2D eigenvalue weighted by Crippen LogP contribution is -2.42. The summed E-state index contributed by atoms with van der Waals surface area (Å²) in [6, 6.07) is 6.10. The predicted octanol–water partition coefficient (Wildman–Crippen LogP) is 3.27. The Balaban J connectivity index is 1.74. The maximum atomic E-state index is 12.0. The Bertz CT molecular complexity index is 497. The number of ether oxygens (including phenoxy) is 2. The lowest BCUT2D eigenvalue weighted by Gasteiger charge is -2.16. The number of methoxy groups -OCH3 is 2. The Morgan fingerprint density at radius 3 is 2.43 bits per heavy atom. The second-order valence-corrected chi connectivity index (χ2v) is 6.03. The van der Waals surface area contributed by atoms with Gasteiger partial charge in [0.1, 0.15) is 0 Å². The van der Waals surface area contributed by atoms with Crippen LogP contribution in [0.3, 0.4) is 0 Å². The Morgan fingerprint density at radius 2 is 1.78 bits per heavy atom. The summed E-state index contributed by atoms with van der Waals surface area (Å²) >= 11 is 0. The first-order valence-electron chi connectivity index (χ1n) is 8.48. The number of urea groups is 1. The van der Waals surface area contributed by atoms with Crippen molar-refractivity contribution >= 4 is 6.03 Å². The summed E-state index contributed by atoms with van der Waals surface area (Å²) in [5, 5.41) is 6.03. The highest BCUT2D eigenvalue weighted by Crippen LogP contribution is 2.27. The molecule has 1 aromatic carbocycles. The first kappa shape index (κ1) is 17.4. The van der Waals surface area contributed by atoms with E-state index in [1.807, 2.05) is 18.2 Å². The van der Waals surface area contributed by atoms with Crippen LogP contribution in [0.15, 0.2) is 18.2 Å². The van der Waals surface area contributed by atoms with E-state index in [1.165, 1.54) is 25.7 Å². The van der Waals surface area contributed by atoms with Gasteiger partial charge in [-0.25, -0.2) is 4.79 Å². The fourth-order valence-electron chi connectivity index (χ4n) is 3.02. The van der Waals surface area contributed by atoms with Gasteiger partial charge in [-0.1, -0.05) is 31.7 Å². The molecule has 0 aromatic heterocycles. The van der Waals surface area contributed by atoms with Gasteiger partial charge in [-0.15, -0.1) is 0 Å². The Kier molecular flexibility index (Phi) is 7.04. The van der Waals surface area contributed by atoms with Crippen molar-refractivity contribution in [2.45, 2.75) is 51.0 Å². The molecule has 0 saturated heterocycles. The molecule has 5 nitrogen and oxygen atoms in total. The molecule has 1 saturated carbocycles. The van der Waals surface area contributed by atoms with Crippen LogP contribution < -0.4 is 20.1 Å². The van der Waals surface area contributed by atoms with Crippen LogP contribution in [0.25, 0.3) is 0 Å². The number of hydrogen-bond acceptors (Lipinski definition) is 3. The number of hydrogen-bond donors (Lipinski definition) is 2. The van der Waals surface area contributed by atoms with E-state index >= 15 is 0 Å². The quantitative estimate of drug-likeness (QED) is 0.791. The van der Waals surface area contributed by atoms with E-state index in [-0.39, 0.29) is 6.03 Å². The van der Waals surface area contributed by atoms with Gasteiger partial charge in [-0.3, -0.25) is 0 Å². The molecule has 5 heteroatoms. The standard InChI is InChI=1S/C18H28N2O3/c1-22-16-10-9-14(13-17(16)23-2)11-12-19-18(21)20-15-7-5-3-4-6-8-15/h9-10,13,15H,3-8,11-12H2,1-2H3,(H2,19,20,21). The van der Waals surface area contributed by atoms with Crippen LogP contribution in [0.1, 0.15) is 44.1 Å². The van der Waals surface area contributed by atoms with Gasteiger partial charge in [0.2, 0.25) is 0 Å². The van der Waals surface area contributed by atoms with Crippen molar-refractivity contribution in [3.63, 3.8) is 0 Å². The molecule has 128 valence electrons. The highest BCUT2D eigenvalue weighted by molar-refractivity contribution is 5.74. The van der Waals surface area contributed by atoms with E-state index < -0.39 is 0 Å². The Labute approximate surface area is 138 Å². The van der Waals surface area contributed by atoms with Gasteiger partial charge in [0.15, 0.2) is 11.5 Å². The van der Waals surface area contributed by atoms with Crippen molar-refractivity contribution in [1.29, 1.82) is 0 Å². The molecule has 0 atom stereocenters. The van der Waals surface area contributed by atoms with Gasteiger partial charge < -0.3 is 20.1 Å². The minimum atomic E-state index is -0.0580. The minimum Gasteiger partial charge on any atom is -0.493 e. The third-order valence-electron chi connectivity index (χ3n) is 4.34. The smallest absolute Gasteiger partial charge is 0.315 e. The van der Waals surface area contributed by atoms with Crippen molar-refractivity contribution in [1.82, 2.24) is 10.6 Å². The minimum absolute atomic E-state index is 0.0580. The number of nitrogens with one attached hydrogen (secondary N) is 2. The number of benzene rings is 1. The van der Waals surface area contributed by atoms with E-state index in [2.05, 4.69) is 10.6 Å². The normalized spacial score (nSPS) is 15.6. The van der Waals surface area contributed by atoms with Crippen LogP contribution in [0.2, 0.25) is 0 Å². The van der Waals surface area contributed by atoms with Gasteiger partial charge in [-0.05, 0) is 37.0 Å². The van der Waals surface area contributed by atoms with Crippen LogP contribution in [-0.2, 0) is 6.42 Å². The number of carbonyl (C=O) groups excluding carboxylic acids is 1. The summed E-state index contributed by atoms with van der Waals surface area (Å²) in [4.78, 5) is 12.0. The molecule has 0 radical (unpaired) electrons. The lowest BCUT2D eigenvalue weighted by molar-refractivity contribution is 0.235. The van der Waals surface area contributed by atoms with E-state index in [1.54, 1.807) is 14.2 Å². The Morgan fingerprint density at radius 1 is 1.09 bits per heavy atom. The molecular weight excluding hydrogens is 292 g/mol. The number of carbonyl (C=O) groups is 1. The van der Waals surface area contributed by atoms with E-state index in [0.29, 0.717) is 18.3 Å². The monoisotopic (exact) mass is 320 g/mol. The predicted molar refractivity (Wildman–Crippen MR) is 91.3 cm³/mol. The van der Waals surface area contributed by atoms with Crippen molar-refractivity contribution < 1.29 is 14.3 Å². The summed E-state index contributed by atoms with van der Waals surface area (Å²) in [7, 11) is 3.25. The van der Waals surface area contributed by atoms with Gasteiger partial charge in [0.25, 0.3) is 0 Å². The summed E-state index contributed by atoms with van der Waals surface area (Å²) < 4.78 is 10.5. The van der Waals surface area contributed by atoms with Crippen LogP contribution in [0, 0.1) is 0 Å². The van der Waals surface area contributed by atoms with Gasteiger partial charge in [0, 0.05) is 12.6 Å². The molecule has 1 aliphatic rings. The largest absolute Gasteiger partial charge is 0.493 e. The first-order valence-corrected chi connectivity index (χ1v) is 8.48. The molecule has 2 amide bonds. The zero-order valence-electron chi connectivity index (χ0n) is 14.2. The Hall–Kier alpha value is -1.91. The first-order chi connectivity index (χ1) is 11.2. The van der Waals surface area contributed by atoms with Crippen LogP contribution in [-0.4, -0.2) is 32.8 Å². The van der Waals surface area contributed by atoms with Crippen molar-refractivity contribution in [3.8, 4) is 11.5 Å². The van der Waals surface area contributed by atoms with Crippen LogP contribution in [0.5, 0.6) is 11.5 Å². The SMILES string of the molecule is COc1ccc(CCNC(=O)NC2CCCCCC2)cc1OC. The van der Waals surface area contributed by atoms with Crippen molar-refractivity contribution in [2.75, 3.05) is 20.8 Å². The molecule has 0 unspecified atom stereocenters. The molecular formula is C18H28N2O3. The van der Waals surface area contributed by atoms with Gasteiger partial charge in [0.05, 0.1) is 14.2 Å². The molecule has 0 aliphatic heterocycles. The molecule has 1 aromatic rings. The number of amides is 2. The molecule has 2 N–H and O–H groups in total. The van der Waals surface area contributed by atoms with E-state index in [9.17, 15) is 4.79 Å². The summed E-state index contributed by atoms with van der Waals surface area (Å²) in [6.07, 6.45) is 7.98. The molecule has 1 aliphatic carbocycles. The summed E-state index contributed by atoms with van der Waals surface area (Å²) in [5.74, 6) is 1.43. The second-order valence-electron chi connectivity index (χ2n) is 6.03. The van der Waals surface area contributed by atoms with Gasteiger partial charge in [-0.2, -0.15) is 0 Å². The maximum Gasteiger partial charge on any atom is 0.315 e. The molecule has 0 bridgehead atoms. The fourth-order valence-corrected chi connectivity index (χ4v) is 3.02.